The summed E-state index contributed by atoms with van der Waals surface area (Å²) in [4.78, 5) is 16.2. The Morgan fingerprint density at radius 2 is 1.88 bits per heavy atom. The standard InChI is InChI=1S/C24H27F3N4O3/c1-23(2,34)17-11-19-15(12-31(30-19)16-8-6-14(13-32)7-9-16)10-20(17)29-22(33)18-4-3-5-21(28-18)24(25,26)27/h3-5,10-12,14,16,32,34H,6-9,13H2,1-2H3,(H,29,33). The van der Waals surface area contributed by atoms with Gasteiger partial charge in [0.2, 0.25) is 0 Å². The van der Waals surface area contributed by atoms with E-state index in [0.717, 1.165) is 43.2 Å². The van der Waals surface area contributed by atoms with Crippen LogP contribution in [0.25, 0.3) is 10.9 Å². The smallest absolute Gasteiger partial charge is 0.396 e. The third-order valence-electron chi connectivity index (χ3n) is 6.29. The van der Waals surface area contributed by atoms with Gasteiger partial charge in [0, 0.05) is 29.4 Å². The highest BCUT2D eigenvalue weighted by atomic mass is 19.4. The lowest BCUT2D eigenvalue weighted by molar-refractivity contribution is -0.141. The van der Waals surface area contributed by atoms with Crippen molar-refractivity contribution in [2.45, 2.75) is 57.3 Å². The van der Waals surface area contributed by atoms with E-state index in [0.29, 0.717) is 17.0 Å². The summed E-state index contributed by atoms with van der Waals surface area (Å²) in [5.74, 6) is -0.500. The van der Waals surface area contributed by atoms with Crippen LogP contribution >= 0.6 is 0 Å². The minimum atomic E-state index is -4.67. The molecule has 1 aromatic carbocycles. The van der Waals surface area contributed by atoms with Crippen LogP contribution in [-0.4, -0.2) is 37.5 Å². The Hall–Kier alpha value is -2.98. The fourth-order valence-corrected chi connectivity index (χ4v) is 4.38. The molecule has 2 aromatic heterocycles. The normalized spacial score (nSPS) is 19.4. The molecule has 1 fully saturated rings. The van der Waals surface area contributed by atoms with Gasteiger partial charge in [0.1, 0.15) is 11.4 Å². The second-order valence-corrected chi connectivity index (χ2v) is 9.34. The summed E-state index contributed by atoms with van der Waals surface area (Å²) in [6.07, 6.45) is 0.809. The van der Waals surface area contributed by atoms with Crippen LogP contribution in [-0.2, 0) is 11.8 Å². The van der Waals surface area contributed by atoms with E-state index in [1.54, 1.807) is 26.0 Å². The SMILES string of the molecule is CC(C)(O)c1cc2nn(C3CCC(CO)CC3)cc2cc1NC(=O)c1cccc(C(F)(F)F)n1. The van der Waals surface area contributed by atoms with Gasteiger partial charge in [0.25, 0.3) is 5.91 Å². The number of hydrogen-bond donors (Lipinski definition) is 3. The Labute approximate surface area is 194 Å². The molecule has 182 valence electrons. The first-order valence-corrected chi connectivity index (χ1v) is 11.2. The number of hydrogen-bond acceptors (Lipinski definition) is 5. The van der Waals surface area contributed by atoms with Crippen molar-refractivity contribution in [3.05, 3.63) is 53.5 Å². The summed E-state index contributed by atoms with van der Waals surface area (Å²) >= 11 is 0. The Morgan fingerprint density at radius 1 is 1.18 bits per heavy atom. The molecular weight excluding hydrogens is 449 g/mol. The Morgan fingerprint density at radius 3 is 2.50 bits per heavy atom. The molecule has 1 saturated carbocycles. The summed E-state index contributed by atoms with van der Waals surface area (Å²) in [5, 5.41) is 28.1. The summed E-state index contributed by atoms with van der Waals surface area (Å²) in [6, 6.07) is 6.66. The van der Waals surface area contributed by atoms with Gasteiger partial charge in [-0.2, -0.15) is 18.3 Å². The maximum absolute atomic E-state index is 13.0. The molecule has 1 aliphatic carbocycles. The number of rotatable bonds is 5. The maximum atomic E-state index is 13.0. The van der Waals surface area contributed by atoms with Gasteiger partial charge in [-0.15, -0.1) is 0 Å². The fraction of sp³-hybridized carbons (Fsp3) is 0.458. The molecule has 0 unspecified atom stereocenters. The maximum Gasteiger partial charge on any atom is 0.433 e. The van der Waals surface area contributed by atoms with Gasteiger partial charge < -0.3 is 15.5 Å². The summed E-state index contributed by atoms with van der Waals surface area (Å²) in [5.41, 5.74) is -1.59. The average Bonchev–Trinajstić information content (AvgIpc) is 3.20. The predicted octanol–water partition coefficient (Wildman–Crippen LogP) is 4.65. The van der Waals surface area contributed by atoms with Gasteiger partial charge >= 0.3 is 6.18 Å². The van der Waals surface area contributed by atoms with Crippen molar-refractivity contribution in [2.75, 3.05) is 11.9 Å². The molecule has 3 N–H and O–H groups in total. The monoisotopic (exact) mass is 476 g/mol. The van der Waals surface area contributed by atoms with Crippen LogP contribution in [0.2, 0.25) is 0 Å². The quantitative estimate of drug-likeness (QED) is 0.498. The van der Waals surface area contributed by atoms with E-state index in [1.165, 1.54) is 6.07 Å². The van der Waals surface area contributed by atoms with E-state index >= 15 is 0 Å². The van der Waals surface area contributed by atoms with Crippen molar-refractivity contribution in [1.29, 1.82) is 0 Å². The van der Waals surface area contributed by atoms with Gasteiger partial charge in [0.15, 0.2) is 0 Å². The number of fused-ring (bicyclic) bond motifs is 1. The first-order chi connectivity index (χ1) is 16.0. The van der Waals surface area contributed by atoms with Crippen molar-refractivity contribution in [1.82, 2.24) is 14.8 Å². The molecule has 0 atom stereocenters. The van der Waals surface area contributed by atoms with Crippen LogP contribution < -0.4 is 5.32 Å². The summed E-state index contributed by atoms with van der Waals surface area (Å²) in [6.45, 7) is 3.30. The van der Waals surface area contributed by atoms with E-state index in [-0.39, 0.29) is 24.0 Å². The van der Waals surface area contributed by atoms with E-state index in [2.05, 4.69) is 15.4 Å². The van der Waals surface area contributed by atoms with Crippen molar-refractivity contribution in [2.24, 2.45) is 5.92 Å². The Bertz CT molecular complexity index is 1190. The van der Waals surface area contributed by atoms with E-state index in [1.807, 2.05) is 10.9 Å². The average molecular weight is 476 g/mol. The fourth-order valence-electron chi connectivity index (χ4n) is 4.38. The predicted molar refractivity (Wildman–Crippen MR) is 120 cm³/mol. The van der Waals surface area contributed by atoms with Gasteiger partial charge in [-0.1, -0.05) is 6.07 Å². The number of aliphatic hydroxyl groups excluding tert-OH is 1. The van der Waals surface area contributed by atoms with Crippen LogP contribution in [0.4, 0.5) is 18.9 Å². The summed E-state index contributed by atoms with van der Waals surface area (Å²) < 4.78 is 40.9. The van der Waals surface area contributed by atoms with Crippen LogP contribution in [0.5, 0.6) is 0 Å². The molecule has 0 bridgehead atoms. The number of pyridine rings is 1. The molecule has 0 aliphatic heterocycles. The highest BCUT2D eigenvalue weighted by Crippen LogP contribution is 2.35. The number of amides is 1. The topological polar surface area (TPSA) is 100 Å². The number of alkyl halides is 3. The number of nitrogens with one attached hydrogen (secondary N) is 1. The lowest BCUT2D eigenvalue weighted by Gasteiger charge is -2.27. The van der Waals surface area contributed by atoms with Crippen molar-refractivity contribution < 1.29 is 28.2 Å². The first kappa shape index (κ1) is 24.2. The van der Waals surface area contributed by atoms with Gasteiger partial charge in [-0.05, 0) is 69.7 Å². The molecule has 7 nitrogen and oxygen atoms in total. The number of halogens is 3. The van der Waals surface area contributed by atoms with Crippen LogP contribution in [0.1, 0.15) is 67.3 Å². The summed E-state index contributed by atoms with van der Waals surface area (Å²) in [7, 11) is 0. The second-order valence-electron chi connectivity index (χ2n) is 9.34. The van der Waals surface area contributed by atoms with E-state index < -0.39 is 23.4 Å². The highest BCUT2D eigenvalue weighted by molar-refractivity contribution is 6.04. The third kappa shape index (κ3) is 5.07. The molecule has 0 spiro atoms. The second kappa shape index (κ2) is 8.99. The van der Waals surface area contributed by atoms with Gasteiger partial charge in [0.05, 0.1) is 17.2 Å². The number of carbonyl (C=O) groups excluding carboxylic acids is 1. The largest absolute Gasteiger partial charge is 0.433 e. The minimum absolute atomic E-state index is 0.187. The lowest BCUT2D eigenvalue weighted by Crippen LogP contribution is -2.22. The molecule has 34 heavy (non-hydrogen) atoms. The number of aliphatic hydroxyl groups is 2. The van der Waals surface area contributed by atoms with Gasteiger partial charge in [-0.25, -0.2) is 4.98 Å². The number of aromatic nitrogens is 3. The number of benzene rings is 1. The molecule has 4 rings (SSSR count). The van der Waals surface area contributed by atoms with E-state index in [4.69, 9.17) is 0 Å². The zero-order valence-electron chi connectivity index (χ0n) is 18.9. The highest BCUT2D eigenvalue weighted by Gasteiger charge is 2.33. The molecule has 1 amide bonds. The lowest BCUT2D eigenvalue weighted by atomic mass is 9.87. The zero-order valence-corrected chi connectivity index (χ0v) is 18.9. The molecule has 10 heteroatoms. The Balaban J connectivity index is 1.66. The molecular formula is C24H27F3N4O3. The molecule has 0 saturated heterocycles. The Kier molecular flexibility index (Phi) is 6.39. The third-order valence-corrected chi connectivity index (χ3v) is 6.29. The zero-order chi connectivity index (χ0) is 24.7. The number of carbonyl (C=O) groups is 1. The first-order valence-electron chi connectivity index (χ1n) is 11.2. The van der Waals surface area contributed by atoms with Gasteiger partial charge in [-0.3, -0.25) is 9.48 Å². The van der Waals surface area contributed by atoms with Crippen LogP contribution in [0.15, 0.2) is 36.5 Å². The van der Waals surface area contributed by atoms with Crippen molar-refractivity contribution >= 4 is 22.5 Å². The number of nitrogens with zero attached hydrogens (tertiary/aromatic N) is 3. The molecule has 3 aromatic rings. The van der Waals surface area contributed by atoms with Crippen molar-refractivity contribution in [3.63, 3.8) is 0 Å². The molecule has 0 radical (unpaired) electrons. The molecule has 2 heterocycles. The number of anilines is 1. The van der Waals surface area contributed by atoms with Crippen LogP contribution in [0, 0.1) is 5.92 Å². The molecule has 1 aliphatic rings. The van der Waals surface area contributed by atoms with Crippen molar-refractivity contribution in [3.8, 4) is 0 Å². The van der Waals surface area contributed by atoms with E-state index in [9.17, 15) is 28.2 Å². The van der Waals surface area contributed by atoms with Crippen LogP contribution in [0.3, 0.4) is 0 Å². The minimum Gasteiger partial charge on any atom is -0.396 e.